The molecule has 5 nitrogen and oxygen atoms in total. The van der Waals surface area contributed by atoms with Crippen LogP contribution in [0.25, 0.3) is 17.0 Å². The van der Waals surface area contributed by atoms with E-state index < -0.39 is 0 Å². The number of fused-ring (bicyclic) bond motifs is 1. The van der Waals surface area contributed by atoms with Crippen molar-refractivity contribution in [3.63, 3.8) is 0 Å². The fourth-order valence-corrected chi connectivity index (χ4v) is 2.75. The van der Waals surface area contributed by atoms with E-state index in [1.165, 1.54) is 25.6 Å². The van der Waals surface area contributed by atoms with E-state index in [1.54, 1.807) is 18.3 Å². The first-order chi connectivity index (χ1) is 10.8. The number of ether oxygens (including phenoxy) is 1. The van der Waals surface area contributed by atoms with Crippen LogP contribution in [0.2, 0.25) is 0 Å². The van der Waals surface area contributed by atoms with E-state index in [0.29, 0.717) is 11.5 Å². The van der Waals surface area contributed by atoms with Gasteiger partial charge in [-0.1, -0.05) is 6.07 Å². The largest absolute Gasteiger partial charge is 0.465 e. The van der Waals surface area contributed by atoms with Crippen LogP contribution in [0.15, 0.2) is 42.7 Å². The average molecular weight is 293 g/mol. The highest BCUT2D eigenvalue weighted by Gasteiger charge is 2.31. The van der Waals surface area contributed by atoms with E-state index in [1.807, 2.05) is 24.4 Å². The monoisotopic (exact) mass is 293 g/mol. The van der Waals surface area contributed by atoms with Gasteiger partial charge >= 0.3 is 5.97 Å². The van der Waals surface area contributed by atoms with Gasteiger partial charge < -0.3 is 9.14 Å². The molecule has 5 heteroatoms. The van der Waals surface area contributed by atoms with Crippen LogP contribution < -0.4 is 0 Å². The van der Waals surface area contributed by atoms with Crippen LogP contribution in [-0.4, -0.2) is 27.4 Å². The van der Waals surface area contributed by atoms with Crippen molar-refractivity contribution in [1.29, 1.82) is 0 Å². The molecule has 110 valence electrons. The van der Waals surface area contributed by atoms with Crippen LogP contribution in [0.1, 0.15) is 34.8 Å². The number of carbonyl (C=O) groups is 1. The fraction of sp³-hybridized carbons (Fsp3) is 0.235. The lowest BCUT2D eigenvalue weighted by Crippen LogP contribution is -2.02. The fourth-order valence-electron chi connectivity index (χ4n) is 2.75. The third-order valence-electron chi connectivity index (χ3n) is 3.96. The van der Waals surface area contributed by atoms with E-state index in [-0.39, 0.29) is 5.97 Å². The van der Waals surface area contributed by atoms with Crippen LogP contribution in [0.4, 0.5) is 0 Å². The molecule has 0 N–H and O–H groups in total. The summed E-state index contributed by atoms with van der Waals surface area (Å²) in [5.41, 5.74) is 4.23. The molecule has 0 unspecified atom stereocenters. The zero-order chi connectivity index (χ0) is 15.1. The normalized spacial score (nSPS) is 14.2. The number of pyridine rings is 2. The van der Waals surface area contributed by atoms with E-state index in [0.717, 1.165) is 17.0 Å². The topological polar surface area (TPSA) is 56.5 Å². The maximum atomic E-state index is 11.7. The van der Waals surface area contributed by atoms with Crippen molar-refractivity contribution < 1.29 is 9.53 Å². The second-order valence-corrected chi connectivity index (χ2v) is 5.47. The lowest BCUT2D eigenvalue weighted by molar-refractivity contribution is 0.0600. The molecule has 0 spiro atoms. The average Bonchev–Trinajstić information content (AvgIpc) is 3.34. The van der Waals surface area contributed by atoms with Crippen molar-refractivity contribution >= 4 is 11.6 Å². The first-order valence-corrected chi connectivity index (χ1v) is 7.29. The molecule has 0 radical (unpaired) electrons. The molecule has 3 heterocycles. The Kier molecular flexibility index (Phi) is 2.92. The zero-order valence-electron chi connectivity index (χ0n) is 12.2. The summed E-state index contributed by atoms with van der Waals surface area (Å²) >= 11 is 0. The third-order valence-corrected chi connectivity index (χ3v) is 3.96. The molecule has 22 heavy (non-hydrogen) atoms. The lowest BCUT2D eigenvalue weighted by Gasteiger charge is -2.04. The number of rotatable bonds is 3. The number of carbonyl (C=O) groups excluding carboxylic acids is 1. The first kappa shape index (κ1) is 13.0. The van der Waals surface area contributed by atoms with Crippen molar-refractivity contribution in [2.75, 3.05) is 7.11 Å². The first-order valence-electron chi connectivity index (χ1n) is 7.29. The number of imidazole rings is 1. The van der Waals surface area contributed by atoms with Gasteiger partial charge in [-0.05, 0) is 37.1 Å². The SMILES string of the molecule is COC(=O)c1ccn2c(C3CC3)c(-c3ccccn3)nc2c1. The number of nitrogens with zero attached hydrogens (tertiary/aromatic N) is 3. The molecular formula is C17H15N3O2. The van der Waals surface area contributed by atoms with Crippen LogP contribution >= 0.6 is 0 Å². The number of aromatic nitrogens is 3. The summed E-state index contributed by atoms with van der Waals surface area (Å²) in [5, 5.41) is 0. The minimum absolute atomic E-state index is 0.349. The number of hydrogen-bond acceptors (Lipinski definition) is 4. The lowest BCUT2D eigenvalue weighted by atomic mass is 10.1. The zero-order valence-corrected chi connectivity index (χ0v) is 12.2. The number of methoxy groups -OCH3 is 1. The highest BCUT2D eigenvalue weighted by atomic mass is 16.5. The minimum atomic E-state index is -0.349. The van der Waals surface area contributed by atoms with Crippen molar-refractivity contribution in [3.05, 3.63) is 54.0 Å². The van der Waals surface area contributed by atoms with Gasteiger partial charge in [-0.3, -0.25) is 4.98 Å². The van der Waals surface area contributed by atoms with E-state index in [4.69, 9.17) is 9.72 Å². The molecular weight excluding hydrogens is 278 g/mol. The second kappa shape index (κ2) is 4.94. The minimum Gasteiger partial charge on any atom is -0.465 e. The summed E-state index contributed by atoms with van der Waals surface area (Å²) in [4.78, 5) is 20.8. The standard InChI is InChI=1S/C17H15N3O2/c1-22-17(21)12-7-9-20-14(10-12)19-15(16(20)11-5-6-11)13-4-2-3-8-18-13/h2-4,7-11H,5-6H2,1H3. The molecule has 0 aromatic carbocycles. The van der Waals surface area contributed by atoms with Crippen LogP contribution in [-0.2, 0) is 4.74 Å². The molecule has 1 saturated carbocycles. The van der Waals surface area contributed by atoms with Gasteiger partial charge in [0.2, 0.25) is 0 Å². The molecule has 3 aromatic heterocycles. The van der Waals surface area contributed by atoms with Gasteiger partial charge in [0.15, 0.2) is 0 Å². The quantitative estimate of drug-likeness (QED) is 0.696. The molecule has 0 saturated heterocycles. The smallest absolute Gasteiger partial charge is 0.338 e. The molecule has 4 rings (SSSR count). The van der Waals surface area contributed by atoms with Gasteiger partial charge in [0.25, 0.3) is 0 Å². The molecule has 3 aromatic rings. The van der Waals surface area contributed by atoms with Gasteiger partial charge in [-0.25, -0.2) is 9.78 Å². The predicted octanol–water partition coefficient (Wildman–Crippen LogP) is 3.06. The molecule has 0 atom stereocenters. The van der Waals surface area contributed by atoms with Crippen molar-refractivity contribution in [1.82, 2.24) is 14.4 Å². The molecule has 0 bridgehead atoms. The Morgan fingerprint density at radius 2 is 2.18 bits per heavy atom. The maximum absolute atomic E-state index is 11.7. The van der Waals surface area contributed by atoms with Gasteiger partial charge in [-0.15, -0.1) is 0 Å². The number of esters is 1. The van der Waals surface area contributed by atoms with Gasteiger partial charge in [0.1, 0.15) is 11.3 Å². The van der Waals surface area contributed by atoms with Crippen LogP contribution in [0.5, 0.6) is 0 Å². The number of hydrogen-bond donors (Lipinski definition) is 0. The Labute approximate surface area is 127 Å². The van der Waals surface area contributed by atoms with Gasteiger partial charge in [0, 0.05) is 18.3 Å². The Morgan fingerprint density at radius 1 is 1.32 bits per heavy atom. The molecule has 1 aliphatic rings. The highest BCUT2D eigenvalue weighted by Crippen LogP contribution is 2.44. The molecule has 1 fully saturated rings. The summed E-state index contributed by atoms with van der Waals surface area (Å²) in [7, 11) is 1.38. The highest BCUT2D eigenvalue weighted by molar-refractivity contribution is 5.90. The summed E-state index contributed by atoms with van der Waals surface area (Å²) in [5.74, 6) is 0.175. The van der Waals surface area contributed by atoms with E-state index in [2.05, 4.69) is 9.38 Å². The van der Waals surface area contributed by atoms with Crippen LogP contribution in [0, 0.1) is 0 Å². The Bertz CT molecular complexity index is 851. The Morgan fingerprint density at radius 3 is 2.86 bits per heavy atom. The summed E-state index contributed by atoms with van der Waals surface area (Å²) in [6.45, 7) is 0. The Hall–Kier alpha value is -2.69. The summed E-state index contributed by atoms with van der Waals surface area (Å²) in [6, 6.07) is 9.36. The summed E-state index contributed by atoms with van der Waals surface area (Å²) < 4.78 is 6.84. The van der Waals surface area contributed by atoms with E-state index in [9.17, 15) is 4.79 Å². The van der Waals surface area contributed by atoms with Crippen molar-refractivity contribution in [2.45, 2.75) is 18.8 Å². The molecule has 1 aliphatic carbocycles. The summed E-state index contributed by atoms with van der Waals surface area (Å²) in [6.07, 6.45) is 6.02. The predicted molar refractivity (Wildman–Crippen MR) is 81.7 cm³/mol. The third kappa shape index (κ3) is 2.06. The van der Waals surface area contributed by atoms with Crippen molar-refractivity contribution in [3.8, 4) is 11.4 Å². The molecule has 0 aliphatic heterocycles. The van der Waals surface area contributed by atoms with Crippen molar-refractivity contribution in [2.24, 2.45) is 0 Å². The van der Waals surface area contributed by atoms with Gasteiger partial charge in [0.05, 0.1) is 24.1 Å². The van der Waals surface area contributed by atoms with E-state index >= 15 is 0 Å². The van der Waals surface area contributed by atoms with Crippen LogP contribution in [0.3, 0.4) is 0 Å². The Balaban J connectivity index is 1.93. The van der Waals surface area contributed by atoms with Gasteiger partial charge in [-0.2, -0.15) is 0 Å². The molecule has 0 amide bonds. The second-order valence-electron chi connectivity index (χ2n) is 5.47. The maximum Gasteiger partial charge on any atom is 0.338 e.